The van der Waals surface area contributed by atoms with E-state index in [-0.39, 0.29) is 18.2 Å². The first-order chi connectivity index (χ1) is 14.3. The van der Waals surface area contributed by atoms with Gasteiger partial charge in [0.15, 0.2) is 0 Å². The molecule has 2 aliphatic rings. The van der Waals surface area contributed by atoms with Gasteiger partial charge in [-0.25, -0.2) is 0 Å². The third-order valence-electron chi connectivity index (χ3n) is 5.98. The molecule has 8 heteroatoms. The Labute approximate surface area is 172 Å². The zero-order valence-corrected chi connectivity index (χ0v) is 16.3. The van der Waals surface area contributed by atoms with Gasteiger partial charge in [0.1, 0.15) is 5.54 Å². The van der Waals surface area contributed by atoms with Crippen molar-refractivity contribution in [1.82, 2.24) is 10.2 Å². The predicted molar refractivity (Wildman–Crippen MR) is 106 cm³/mol. The molecule has 4 rings (SSSR count). The highest BCUT2D eigenvalue weighted by atomic mass is 19.4. The summed E-state index contributed by atoms with van der Waals surface area (Å²) in [6.07, 6.45) is -3.34. The van der Waals surface area contributed by atoms with Crippen molar-refractivity contribution in [2.75, 3.05) is 24.7 Å². The molecule has 2 aromatic rings. The monoisotopic (exact) mass is 417 g/mol. The molecular weight excluding hydrogens is 395 g/mol. The first-order valence-electron chi connectivity index (χ1n) is 9.84. The van der Waals surface area contributed by atoms with Crippen LogP contribution in [0, 0.1) is 0 Å². The lowest BCUT2D eigenvalue weighted by atomic mass is 9.85. The summed E-state index contributed by atoms with van der Waals surface area (Å²) in [5, 5.41) is 2.92. The van der Waals surface area contributed by atoms with Crippen molar-refractivity contribution in [3.05, 3.63) is 65.7 Å². The minimum Gasteiger partial charge on any atom is -0.342 e. The van der Waals surface area contributed by atoms with Gasteiger partial charge in [-0.2, -0.15) is 13.2 Å². The second-order valence-corrected chi connectivity index (χ2v) is 7.71. The number of anilines is 1. The molecule has 158 valence electrons. The van der Waals surface area contributed by atoms with Crippen LogP contribution in [-0.2, 0) is 22.2 Å². The van der Waals surface area contributed by atoms with E-state index < -0.39 is 17.3 Å². The lowest BCUT2D eigenvalue weighted by molar-refractivity contribution is -0.137. The highest BCUT2D eigenvalue weighted by molar-refractivity contribution is 5.93. The molecule has 0 bridgehead atoms. The Morgan fingerprint density at radius 2 is 1.63 bits per heavy atom. The number of benzene rings is 2. The highest BCUT2D eigenvalue weighted by Crippen LogP contribution is 2.36. The van der Waals surface area contributed by atoms with Gasteiger partial charge in [0.25, 0.3) is 0 Å². The molecule has 5 nitrogen and oxygen atoms in total. The standard InChI is InChI=1S/C22H22F3N3O2/c23-22(24,25)17-8-6-16(7-9-17)14-19(29)27-12-10-21(11-13-27)20(30)26-15-28(21)18-4-2-1-3-5-18/h1-9H,10-15H2,(H,26,30). The van der Waals surface area contributed by atoms with E-state index in [1.165, 1.54) is 12.1 Å². The van der Waals surface area contributed by atoms with Gasteiger partial charge < -0.3 is 15.1 Å². The fourth-order valence-corrected chi connectivity index (χ4v) is 4.26. The van der Waals surface area contributed by atoms with Crippen molar-refractivity contribution < 1.29 is 22.8 Å². The first-order valence-corrected chi connectivity index (χ1v) is 9.84. The summed E-state index contributed by atoms with van der Waals surface area (Å²) < 4.78 is 38.1. The van der Waals surface area contributed by atoms with Gasteiger partial charge in [-0.15, -0.1) is 0 Å². The van der Waals surface area contributed by atoms with Crippen LogP contribution in [0.15, 0.2) is 54.6 Å². The third-order valence-corrected chi connectivity index (χ3v) is 5.98. The molecule has 0 atom stereocenters. The Morgan fingerprint density at radius 1 is 1.00 bits per heavy atom. The topological polar surface area (TPSA) is 52.7 Å². The maximum absolute atomic E-state index is 12.7. The van der Waals surface area contributed by atoms with Crippen LogP contribution in [0.3, 0.4) is 0 Å². The Kier molecular flexibility index (Phi) is 5.17. The first kappa shape index (κ1) is 20.3. The largest absolute Gasteiger partial charge is 0.416 e. The van der Waals surface area contributed by atoms with E-state index in [9.17, 15) is 22.8 Å². The average Bonchev–Trinajstić information content (AvgIpc) is 3.04. The number of para-hydroxylation sites is 1. The molecule has 2 fully saturated rings. The summed E-state index contributed by atoms with van der Waals surface area (Å²) in [6, 6.07) is 14.4. The molecule has 2 heterocycles. The molecule has 1 N–H and O–H groups in total. The van der Waals surface area contributed by atoms with Crippen molar-refractivity contribution >= 4 is 17.5 Å². The summed E-state index contributed by atoms with van der Waals surface area (Å²) >= 11 is 0. The second-order valence-electron chi connectivity index (χ2n) is 7.71. The van der Waals surface area contributed by atoms with E-state index in [0.29, 0.717) is 38.2 Å². The van der Waals surface area contributed by atoms with Crippen LogP contribution >= 0.6 is 0 Å². The molecule has 0 saturated carbocycles. The normalized spacial score (nSPS) is 18.6. The van der Waals surface area contributed by atoms with Crippen LogP contribution in [0.5, 0.6) is 0 Å². The summed E-state index contributed by atoms with van der Waals surface area (Å²) in [5.41, 5.74) is 0.0944. The van der Waals surface area contributed by atoms with Crippen molar-refractivity contribution in [3.63, 3.8) is 0 Å². The Balaban J connectivity index is 1.41. The number of carbonyl (C=O) groups is 2. The van der Waals surface area contributed by atoms with Gasteiger partial charge in [0.2, 0.25) is 11.8 Å². The molecule has 30 heavy (non-hydrogen) atoms. The van der Waals surface area contributed by atoms with Crippen LogP contribution in [0.1, 0.15) is 24.0 Å². The minimum atomic E-state index is -4.39. The maximum Gasteiger partial charge on any atom is 0.416 e. The molecule has 0 aromatic heterocycles. The lowest BCUT2D eigenvalue weighted by Crippen LogP contribution is -2.57. The van der Waals surface area contributed by atoms with Gasteiger partial charge >= 0.3 is 6.18 Å². The van der Waals surface area contributed by atoms with Crippen molar-refractivity contribution in [2.45, 2.75) is 31.0 Å². The summed E-state index contributed by atoms with van der Waals surface area (Å²) in [7, 11) is 0. The number of hydrogen-bond donors (Lipinski definition) is 1. The van der Waals surface area contributed by atoms with Crippen LogP contribution in [0.2, 0.25) is 0 Å². The zero-order chi connectivity index (χ0) is 21.4. The molecule has 2 amide bonds. The molecule has 0 aliphatic carbocycles. The molecule has 0 radical (unpaired) electrons. The number of carbonyl (C=O) groups excluding carboxylic acids is 2. The van der Waals surface area contributed by atoms with Gasteiger partial charge in [-0.3, -0.25) is 9.59 Å². The number of alkyl halides is 3. The summed E-state index contributed by atoms with van der Waals surface area (Å²) in [5.74, 6) is -0.171. The van der Waals surface area contributed by atoms with Crippen molar-refractivity contribution in [2.24, 2.45) is 0 Å². The number of amides is 2. The molecule has 2 saturated heterocycles. The molecule has 1 spiro atoms. The summed E-state index contributed by atoms with van der Waals surface area (Å²) in [6.45, 7) is 1.29. The van der Waals surface area contributed by atoms with Crippen LogP contribution in [0.4, 0.5) is 18.9 Å². The zero-order valence-electron chi connectivity index (χ0n) is 16.3. The molecular formula is C22H22F3N3O2. The Morgan fingerprint density at radius 3 is 2.23 bits per heavy atom. The molecule has 0 unspecified atom stereocenters. The van der Waals surface area contributed by atoms with E-state index in [1.807, 2.05) is 30.3 Å². The number of nitrogens with zero attached hydrogens (tertiary/aromatic N) is 2. The van der Waals surface area contributed by atoms with E-state index in [1.54, 1.807) is 4.90 Å². The van der Waals surface area contributed by atoms with Gasteiger partial charge in [0.05, 0.1) is 18.7 Å². The highest BCUT2D eigenvalue weighted by Gasteiger charge is 2.50. The number of likely N-dealkylation sites (tertiary alicyclic amines) is 1. The van der Waals surface area contributed by atoms with Crippen molar-refractivity contribution in [1.29, 1.82) is 0 Å². The van der Waals surface area contributed by atoms with E-state index in [0.717, 1.165) is 17.8 Å². The average molecular weight is 417 g/mol. The SMILES string of the molecule is O=C(Cc1ccc(C(F)(F)F)cc1)N1CCC2(CC1)C(=O)NCN2c1ccccc1. The van der Waals surface area contributed by atoms with Crippen molar-refractivity contribution in [3.8, 4) is 0 Å². The van der Waals surface area contributed by atoms with E-state index in [2.05, 4.69) is 10.2 Å². The van der Waals surface area contributed by atoms with Crippen LogP contribution in [0.25, 0.3) is 0 Å². The predicted octanol–water partition coefficient (Wildman–Crippen LogP) is 3.20. The fourth-order valence-electron chi connectivity index (χ4n) is 4.26. The van der Waals surface area contributed by atoms with Gasteiger partial charge in [-0.05, 0) is 42.7 Å². The fraction of sp³-hybridized carbons (Fsp3) is 0.364. The lowest BCUT2D eigenvalue weighted by Gasteiger charge is -2.43. The van der Waals surface area contributed by atoms with Crippen LogP contribution in [-0.4, -0.2) is 42.0 Å². The van der Waals surface area contributed by atoms with E-state index >= 15 is 0 Å². The number of rotatable bonds is 3. The molecule has 2 aromatic carbocycles. The maximum atomic E-state index is 12.7. The Bertz CT molecular complexity index is 921. The smallest absolute Gasteiger partial charge is 0.342 e. The third kappa shape index (κ3) is 3.74. The molecule has 2 aliphatic heterocycles. The van der Waals surface area contributed by atoms with Gasteiger partial charge in [0, 0.05) is 18.8 Å². The number of piperidine rings is 1. The van der Waals surface area contributed by atoms with Crippen LogP contribution < -0.4 is 10.2 Å². The quantitative estimate of drug-likeness (QED) is 0.835. The number of nitrogens with one attached hydrogen (secondary N) is 1. The Hall–Kier alpha value is -3.03. The summed E-state index contributed by atoms with van der Waals surface area (Å²) in [4.78, 5) is 29.1. The second kappa shape index (κ2) is 7.66. The number of hydrogen-bond acceptors (Lipinski definition) is 3. The number of halogens is 3. The minimum absolute atomic E-state index is 0.0267. The van der Waals surface area contributed by atoms with E-state index in [4.69, 9.17) is 0 Å². The van der Waals surface area contributed by atoms with Gasteiger partial charge in [-0.1, -0.05) is 30.3 Å².